The van der Waals surface area contributed by atoms with Crippen LogP contribution in [-0.2, 0) is 23.9 Å². The van der Waals surface area contributed by atoms with Crippen molar-refractivity contribution < 1.29 is 23.9 Å². The molecule has 1 aromatic rings. The summed E-state index contributed by atoms with van der Waals surface area (Å²) in [5.41, 5.74) is 1.17. The molecule has 2 N–H and O–H groups in total. The number of carbonyl (C=O) groups is 4. The first-order valence-corrected chi connectivity index (χ1v) is 9.30. The molecule has 2 aliphatic carbocycles. The molecule has 2 saturated carbocycles. The molecule has 0 heterocycles. The summed E-state index contributed by atoms with van der Waals surface area (Å²) in [6, 6.07) is 6.64. The fourth-order valence-electron chi connectivity index (χ4n) is 3.96. The van der Waals surface area contributed by atoms with Gasteiger partial charge in [0.25, 0.3) is 5.91 Å². The lowest BCUT2D eigenvalue weighted by Crippen LogP contribution is -2.40. The summed E-state index contributed by atoms with van der Waals surface area (Å²) in [5, 5.41) is 5.28. The maximum Gasteiger partial charge on any atom is 0.309 e. The van der Waals surface area contributed by atoms with Crippen LogP contribution in [0.25, 0.3) is 0 Å². The minimum atomic E-state index is -0.428. The summed E-state index contributed by atoms with van der Waals surface area (Å²) in [4.78, 5) is 47.4. The number of anilines is 2. The third-order valence-electron chi connectivity index (χ3n) is 5.22. The number of esters is 1. The van der Waals surface area contributed by atoms with Crippen molar-refractivity contribution in [3.63, 3.8) is 0 Å². The molecule has 144 valence electrons. The average molecular weight is 372 g/mol. The molecule has 2 atom stereocenters. The molecule has 2 amide bonds. The summed E-state index contributed by atoms with van der Waals surface area (Å²) in [6.45, 7) is 1.06. The Labute approximate surface area is 157 Å². The molecule has 0 aliphatic heterocycles. The topological polar surface area (TPSA) is 102 Å². The number of amides is 2. The molecule has 0 aromatic heterocycles. The maximum atomic E-state index is 12.3. The lowest BCUT2D eigenvalue weighted by Gasteiger charge is -2.36. The molecule has 2 aliphatic rings. The molecular formula is C20H24N2O5. The molecule has 7 heteroatoms. The van der Waals surface area contributed by atoms with E-state index in [1.165, 1.54) is 6.92 Å². The Kier molecular flexibility index (Phi) is 5.88. The predicted molar refractivity (Wildman–Crippen MR) is 98.9 cm³/mol. The van der Waals surface area contributed by atoms with Crippen LogP contribution >= 0.6 is 0 Å². The smallest absolute Gasteiger partial charge is 0.309 e. The Morgan fingerprint density at radius 1 is 1.00 bits per heavy atom. The minimum Gasteiger partial charge on any atom is -0.455 e. The first-order valence-electron chi connectivity index (χ1n) is 9.30. The Morgan fingerprint density at radius 3 is 2.11 bits per heavy atom. The molecule has 1 aromatic carbocycles. The van der Waals surface area contributed by atoms with Crippen molar-refractivity contribution in [1.29, 1.82) is 0 Å². The van der Waals surface area contributed by atoms with Gasteiger partial charge in [-0.1, -0.05) is 6.42 Å². The zero-order valence-corrected chi connectivity index (χ0v) is 15.3. The third kappa shape index (κ3) is 4.93. The van der Waals surface area contributed by atoms with Crippen molar-refractivity contribution >= 4 is 34.9 Å². The summed E-state index contributed by atoms with van der Waals surface area (Å²) in [7, 11) is 0. The Bertz CT molecular complexity index is 727. The molecule has 0 radical (unpaired) electrons. The third-order valence-corrected chi connectivity index (χ3v) is 5.22. The van der Waals surface area contributed by atoms with Crippen LogP contribution in [-0.4, -0.2) is 30.2 Å². The van der Waals surface area contributed by atoms with E-state index in [9.17, 15) is 19.2 Å². The molecular weight excluding hydrogens is 348 g/mol. The second kappa shape index (κ2) is 8.33. The number of ether oxygens (including phenoxy) is 1. The van der Waals surface area contributed by atoms with Gasteiger partial charge in [0.05, 0.1) is 5.92 Å². The number of fused-ring (bicyclic) bond motifs is 2. The summed E-state index contributed by atoms with van der Waals surface area (Å²) in [6.07, 6.45) is 3.84. The van der Waals surface area contributed by atoms with Gasteiger partial charge < -0.3 is 15.4 Å². The van der Waals surface area contributed by atoms with Crippen LogP contribution in [0.2, 0.25) is 0 Å². The van der Waals surface area contributed by atoms with Crippen LogP contribution in [0.4, 0.5) is 11.4 Å². The fourth-order valence-corrected chi connectivity index (χ4v) is 3.96. The second-order valence-corrected chi connectivity index (χ2v) is 7.31. The van der Waals surface area contributed by atoms with Gasteiger partial charge in [-0.15, -0.1) is 0 Å². The molecule has 7 nitrogen and oxygen atoms in total. The first kappa shape index (κ1) is 19.1. The molecule has 0 unspecified atom stereocenters. The minimum absolute atomic E-state index is 0.0222. The average Bonchev–Trinajstić information content (AvgIpc) is 2.60. The van der Waals surface area contributed by atoms with Crippen LogP contribution < -0.4 is 10.6 Å². The van der Waals surface area contributed by atoms with Crippen molar-refractivity contribution in [2.45, 2.75) is 39.0 Å². The van der Waals surface area contributed by atoms with E-state index < -0.39 is 11.9 Å². The van der Waals surface area contributed by atoms with Crippen LogP contribution in [0.5, 0.6) is 0 Å². The van der Waals surface area contributed by atoms with Crippen molar-refractivity contribution in [3.05, 3.63) is 24.3 Å². The molecule has 27 heavy (non-hydrogen) atoms. The summed E-state index contributed by atoms with van der Waals surface area (Å²) in [5.74, 6) is -1.03. The Morgan fingerprint density at radius 2 is 1.56 bits per heavy atom. The number of hydrogen-bond acceptors (Lipinski definition) is 5. The van der Waals surface area contributed by atoms with E-state index in [2.05, 4.69) is 10.6 Å². The van der Waals surface area contributed by atoms with E-state index in [1.54, 1.807) is 24.3 Å². The SMILES string of the molecule is CC(=O)Nc1ccc(NC(=O)COC(=O)C2C[C@H]3CCC[C@H](C2)C3=O)cc1. The van der Waals surface area contributed by atoms with E-state index in [1.807, 2.05) is 0 Å². The number of nitrogens with one attached hydrogen (secondary N) is 2. The number of ketones is 1. The normalized spacial score (nSPS) is 24.0. The Balaban J connectivity index is 1.45. The van der Waals surface area contributed by atoms with Crippen molar-refractivity contribution in [2.24, 2.45) is 17.8 Å². The molecule has 2 fully saturated rings. The summed E-state index contributed by atoms with van der Waals surface area (Å²) < 4.78 is 5.17. The molecule has 3 rings (SSSR count). The highest BCUT2D eigenvalue weighted by Crippen LogP contribution is 2.40. The van der Waals surface area contributed by atoms with E-state index in [0.29, 0.717) is 30.0 Å². The van der Waals surface area contributed by atoms with E-state index in [4.69, 9.17) is 4.74 Å². The highest BCUT2D eigenvalue weighted by molar-refractivity contribution is 5.94. The highest BCUT2D eigenvalue weighted by atomic mass is 16.5. The first-order chi connectivity index (χ1) is 12.9. The lowest BCUT2D eigenvalue weighted by atomic mass is 9.67. The molecule has 0 spiro atoms. The van der Waals surface area contributed by atoms with E-state index in [0.717, 1.165) is 19.3 Å². The molecule has 0 saturated heterocycles. The van der Waals surface area contributed by atoms with Crippen molar-refractivity contribution in [2.75, 3.05) is 17.2 Å². The number of carbonyl (C=O) groups excluding carboxylic acids is 4. The zero-order valence-electron chi connectivity index (χ0n) is 15.3. The van der Waals surface area contributed by atoms with Crippen molar-refractivity contribution in [3.8, 4) is 0 Å². The van der Waals surface area contributed by atoms with Crippen LogP contribution in [0.3, 0.4) is 0 Å². The van der Waals surface area contributed by atoms with E-state index >= 15 is 0 Å². The zero-order chi connectivity index (χ0) is 19.4. The number of hydrogen-bond donors (Lipinski definition) is 2. The van der Waals surface area contributed by atoms with Gasteiger partial charge in [-0.25, -0.2) is 0 Å². The van der Waals surface area contributed by atoms with Crippen LogP contribution in [0.1, 0.15) is 39.0 Å². The second-order valence-electron chi connectivity index (χ2n) is 7.31. The fraction of sp³-hybridized carbons (Fsp3) is 0.500. The lowest BCUT2D eigenvalue weighted by molar-refractivity contribution is -0.155. The van der Waals surface area contributed by atoms with E-state index in [-0.39, 0.29) is 30.3 Å². The molecule has 2 bridgehead atoms. The van der Waals surface area contributed by atoms with Crippen LogP contribution in [0.15, 0.2) is 24.3 Å². The van der Waals surface area contributed by atoms with Gasteiger partial charge in [-0.2, -0.15) is 0 Å². The van der Waals surface area contributed by atoms with Gasteiger partial charge in [0.1, 0.15) is 5.78 Å². The standard InChI is InChI=1S/C20H24N2O5/c1-12(23)21-16-5-7-17(8-6-16)22-18(24)11-27-20(26)15-9-13-3-2-4-14(10-15)19(13)25/h5-8,13-15H,2-4,9-11H2,1H3,(H,21,23)(H,22,24)/t13-,14-/m1/s1. The number of rotatable bonds is 5. The van der Waals surface area contributed by atoms with Crippen molar-refractivity contribution in [1.82, 2.24) is 0 Å². The van der Waals surface area contributed by atoms with Gasteiger partial charge in [-0.05, 0) is 49.9 Å². The van der Waals surface area contributed by atoms with Gasteiger partial charge >= 0.3 is 5.97 Å². The van der Waals surface area contributed by atoms with Gasteiger partial charge in [0, 0.05) is 30.1 Å². The van der Waals surface area contributed by atoms with Gasteiger partial charge in [0.2, 0.25) is 5.91 Å². The largest absolute Gasteiger partial charge is 0.455 e. The number of Topliss-reactive ketones (excluding diaryl/α,β-unsaturated/α-hetero) is 1. The predicted octanol–water partition coefficient (Wildman–Crippen LogP) is 2.52. The van der Waals surface area contributed by atoms with Gasteiger partial charge in [-0.3, -0.25) is 19.2 Å². The summed E-state index contributed by atoms with van der Waals surface area (Å²) >= 11 is 0. The maximum absolute atomic E-state index is 12.3. The van der Waals surface area contributed by atoms with Gasteiger partial charge in [0.15, 0.2) is 6.61 Å². The number of benzene rings is 1. The Hall–Kier alpha value is -2.70. The highest BCUT2D eigenvalue weighted by Gasteiger charge is 2.41. The monoisotopic (exact) mass is 372 g/mol. The van der Waals surface area contributed by atoms with Crippen LogP contribution in [0, 0.1) is 17.8 Å². The quantitative estimate of drug-likeness (QED) is 0.774.